The van der Waals surface area contributed by atoms with E-state index in [1.54, 1.807) is 12.1 Å². The molecule has 0 aliphatic rings. The molecule has 2 N–H and O–H groups in total. The molecule has 0 bridgehead atoms. The number of hydrogen-bond acceptors (Lipinski definition) is 3. The van der Waals surface area contributed by atoms with Crippen LogP contribution in [0.4, 0.5) is 0 Å². The Morgan fingerprint density at radius 2 is 1.84 bits per heavy atom. The van der Waals surface area contributed by atoms with Gasteiger partial charge in [0.25, 0.3) is 5.91 Å². The number of carbonyl (C=O) groups is 2. The molecule has 0 aromatic heterocycles. The first-order valence-corrected chi connectivity index (χ1v) is 8.83. The molecule has 132 valence electrons. The third-order valence-corrected chi connectivity index (χ3v) is 4.68. The van der Waals surface area contributed by atoms with Gasteiger partial charge in [-0.25, -0.2) is 0 Å². The second-order valence-corrected chi connectivity index (χ2v) is 6.65. The summed E-state index contributed by atoms with van der Waals surface area (Å²) in [7, 11) is 0. The number of nitrogens with one attached hydrogen (secondary N) is 2. The second kappa shape index (κ2) is 9.44. The number of ether oxygens (including phenoxy) is 1. The first-order chi connectivity index (χ1) is 12.0. The summed E-state index contributed by atoms with van der Waals surface area (Å²) in [6.45, 7) is 1.74. The summed E-state index contributed by atoms with van der Waals surface area (Å²) in [5.74, 6) is -0.152. The average Bonchev–Trinajstić information content (AvgIpc) is 2.60. The topological polar surface area (TPSA) is 67.4 Å². The highest BCUT2D eigenvalue weighted by molar-refractivity contribution is 9.10. The van der Waals surface area contributed by atoms with Gasteiger partial charge in [0.1, 0.15) is 5.75 Å². The summed E-state index contributed by atoms with van der Waals surface area (Å²) < 4.78 is 6.35. The summed E-state index contributed by atoms with van der Waals surface area (Å²) in [6, 6.07) is 12.8. The van der Waals surface area contributed by atoms with Crippen molar-refractivity contribution in [3.05, 3.63) is 63.1 Å². The van der Waals surface area contributed by atoms with Crippen molar-refractivity contribution in [3.63, 3.8) is 0 Å². The van der Waals surface area contributed by atoms with Crippen LogP contribution in [0, 0.1) is 6.92 Å². The van der Waals surface area contributed by atoms with E-state index < -0.39 is 5.91 Å². The molecule has 7 heteroatoms. The molecular weight excluding hydrogens is 408 g/mol. The van der Waals surface area contributed by atoms with Gasteiger partial charge < -0.3 is 4.74 Å². The van der Waals surface area contributed by atoms with Gasteiger partial charge in [0, 0.05) is 15.9 Å². The number of halogens is 2. The molecule has 2 aromatic carbocycles. The molecule has 0 heterocycles. The lowest BCUT2D eigenvalue weighted by Crippen LogP contribution is -2.43. The monoisotopic (exact) mass is 424 g/mol. The fourth-order valence-electron chi connectivity index (χ4n) is 2.04. The lowest BCUT2D eigenvalue weighted by Gasteiger charge is -2.10. The first kappa shape index (κ1) is 19.3. The molecule has 0 aliphatic carbocycles. The van der Waals surface area contributed by atoms with Crippen molar-refractivity contribution in [1.29, 1.82) is 0 Å². The average molecular weight is 426 g/mol. The maximum atomic E-state index is 11.8. The van der Waals surface area contributed by atoms with Crippen LogP contribution in [0.15, 0.2) is 46.9 Å². The zero-order valence-electron chi connectivity index (χ0n) is 13.6. The predicted molar refractivity (Wildman–Crippen MR) is 100 cm³/mol. The second-order valence-electron chi connectivity index (χ2n) is 5.39. The summed E-state index contributed by atoms with van der Waals surface area (Å²) in [5, 5.41) is 0.623. The van der Waals surface area contributed by atoms with Crippen molar-refractivity contribution >= 4 is 39.3 Å². The van der Waals surface area contributed by atoms with E-state index in [1.165, 1.54) is 0 Å². The van der Waals surface area contributed by atoms with E-state index >= 15 is 0 Å². The Kier molecular flexibility index (Phi) is 7.28. The standard InChI is InChI=1S/C18H18BrClN2O3/c1-12-10-14(7-8-15(12)19)25-11-18(24)22-21-17(23)9-6-13-4-2-3-5-16(13)20/h2-5,7-8,10H,6,9,11H2,1H3,(H,21,23)(H,22,24). The maximum Gasteiger partial charge on any atom is 0.276 e. The highest BCUT2D eigenvalue weighted by atomic mass is 79.9. The normalized spacial score (nSPS) is 10.2. The van der Waals surface area contributed by atoms with Crippen LogP contribution < -0.4 is 15.6 Å². The van der Waals surface area contributed by atoms with Crippen molar-refractivity contribution in [2.45, 2.75) is 19.8 Å². The Hall–Kier alpha value is -2.05. The summed E-state index contributed by atoms with van der Waals surface area (Å²) in [6.07, 6.45) is 0.715. The van der Waals surface area contributed by atoms with E-state index in [2.05, 4.69) is 26.8 Å². The van der Waals surface area contributed by atoms with Gasteiger partial charge in [0.2, 0.25) is 5.91 Å². The van der Waals surface area contributed by atoms with Crippen LogP contribution in [0.1, 0.15) is 17.5 Å². The van der Waals surface area contributed by atoms with E-state index in [1.807, 2.05) is 37.3 Å². The molecule has 0 radical (unpaired) electrons. The van der Waals surface area contributed by atoms with Gasteiger partial charge in [-0.05, 0) is 48.7 Å². The third-order valence-electron chi connectivity index (χ3n) is 3.42. The Morgan fingerprint density at radius 1 is 1.12 bits per heavy atom. The van der Waals surface area contributed by atoms with E-state index in [0.29, 0.717) is 17.2 Å². The highest BCUT2D eigenvalue weighted by Gasteiger charge is 2.08. The third kappa shape index (κ3) is 6.40. The number of carbonyl (C=O) groups excluding carboxylic acids is 2. The Bertz CT molecular complexity index is 768. The Balaban J connectivity index is 1.69. The molecule has 0 spiro atoms. The zero-order valence-corrected chi connectivity index (χ0v) is 16.0. The minimum Gasteiger partial charge on any atom is -0.484 e. The van der Waals surface area contributed by atoms with Crippen LogP contribution in [-0.2, 0) is 16.0 Å². The highest BCUT2D eigenvalue weighted by Crippen LogP contribution is 2.21. The zero-order chi connectivity index (χ0) is 18.2. The number of hydrazine groups is 1. The number of benzene rings is 2. The lowest BCUT2D eigenvalue weighted by molar-refractivity contribution is -0.130. The molecule has 0 atom stereocenters. The fraction of sp³-hybridized carbons (Fsp3) is 0.222. The van der Waals surface area contributed by atoms with Crippen LogP contribution >= 0.6 is 27.5 Å². The fourth-order valence-corrected chi connectivity index (χ4v) is 2.52. The van der Waals surface area contributed by atoms with Crippen molar-refractivity contribution in [1.82, 2.24) is 10.9 Å². The Morgan fingerprint density at radius 3 is 2.56 bits per heavy atom. The molecule has 2 rings (SSSR count). The van der Waals surface area contributed by atoms with Crippen LogP contribution in [0.25, 0.3) is 0 Å². The van der Waals surface area contributed by atoms with E-state index in [-0.39, 0.29) is 18.9 Å². The SMILES string of the molecule is Cc1cc(OCC(=O)NNC(=O)CCc2ccccc2Cl)ccc1Br. The van der Waals surface area contributed by atoms with Gasteiger partial charge in [-0.15, -0.1) is 0 Å². The quantitative estimate of drug-likeness (QED) is 0.695. The molecule has 0 aliphatic heterocycles. The predicted octanol–water partition coefficient (Wildman–Crippen LogP) is 3.57. The van der Waals surface area contributed by atoms with E-state index in [9.17, 15) is 9.59 Å². The molecular formula is C18H18BrClN2O3. The number of rotatable bonds is 6. The molecule has 25 heavy (non-hydrogen) atoms. The molecule has 2 amide bonds. The Labute approximate surface area is 159 Å². The van der Waals surface area contributed by atoms with E-state index in [0.717, 1.165) is 15.6 Å². The summed E-state index contributed by atoms with van der Waals surface area (Å²) >= 11 is 9.43. The van der Waals surface area contributed by atoms with Gasteiger partial charge in [0.05, 0.1) is 0 Å². The van der Waals surface area contributed by atoms with Crippen LogP contribution in [-0.4, -0.2) is 18.4 Å². The largest absolute Gasteiger partial charge is 0.484 e. The number of amides is 2. The van der Waals surface area contributed by atoms with E-state index in [4.69, 9.17) is 16.3 Å². The summed E-state index contributed by atoms with van der Waals surface area (Å²) in [4.78, 5) is 23.5. The number of aryl methyl sites for hydroxylation is 2. The van der Waals surface area contributed by atoms with Gasteiger partial charge in [0.15, 0.2) is 6.61 Å². The molecule has 0 fully saturated rings. The smallest absolute Gasteiger partial charge is 0.276 e. The minimum atomic E-state index is -0.438. The van der Waals surface area contributed by atoms with Crippen LogP contribution in [0.2, 0.25) is 5.02 Å². The maximum absolute atomic E-state index is 11.8. The lowest BCUT2D eigenvalue weighted by atomic mass is 10.1. The summed E-state index contributed by atoms with van der Waals surface area (Å²) in [5.41, 5.74) is 6.58. The van der Waals surface area contributed by atoms with Gasteiger partial charge >= 0.3 is 0 Å². The number of hydrogen-bond donors (Lipinski definition) is 2. The van der Waals surface area contributed by atoms with Gasteiger partial charge in [-0.3, -0.25) is 20.4 Å². The molecule has 2 aromatic rings. The van der Waals surface area contributed by atoms with Crippen LogP contribution in [0.5, 0.6) is 5.75 Å². The first-order valence-electron chi connectivity index (χ1n) is 7.66. The van der Waals surface area contributed by atoms with Crippen molar-refractivity contribution in [3.8, 4) is 5.75 Å². The van der Waals surface area contributed by atoms with Gasteiger partial charge in [-0.1, -0.05) is 45.7 Å². The van der Waals surface area contributed by atoms with Crippen LogP contribution in [0.3, 0.4) is 0 Å². The molecule has 0 saturated heterocycles. The van der Waals surface area contributed by atoms with Crippen molar-refractivity contribution < 1.29 is 14.3 Å². The molecule has 5 nitrogen and oxygen atoms in total. The van der Waals surface area contributed by atoms with Crippen molar-refractivity contribution in [2.24, 2.45) is 0 Å². The minimum absolute atomic E-state index is 0.189. The molecule has 0 unspecified atom stereocenters. The van der Waals surface area contributed by atoms with Crippen molar-refractivity contribution in [2.75, 3.05) is 6.61 Å². The van der Waals surface area contributed by atoms with Gasteiger partial charge in [-0.2, -0.15) is 0 Å². The molecule has 0 saturated carbocycles.